The summed E-state index contributed by atoms with van der Waals surface area (Å²) in [6.07, 6.45) is 7.42. The van der Waals surface area contributed by atoms with Gasteiger partial charge in [0.1, 0.15) is 17.1 Å². The van der Waals surface area contributed by atoms with Crippen molar-refractivity contribution in [3.05, 3.63) is 114 Å². The lowest BCUT2D eigenvalue weighted by Gasteiger charge is -2.31. The van der Waals surface area contributed by atoms with E-state index in [-0.39, 0.29) is 18.0 Å². The fourth-order valence-corrected chi connectivity index (χ4v) is 5.19. The standard InChI is InChI=1S/C31H28N4O4/c36-29(21-33-16-12-23(13-17-33)31(37)38)34-18-14-26-27-7-4-15-32-30(27)35(28(26)20-34)19-22-8-10-25(11-9-22)39-24-5-2-1-3-6-24/h1-13,15-16H,14,17-21H2,(H,37,38). The highest BCUT2D eigenvalue weighted by atomic mass is 16.5. The molecule has 0 fully saturated rings. The van der Waals surface area contributed by atoms with Gasteiger partial charge in [-0.15, -0.1) is 0 Å². The van der Waals surface area contributed by atoms with E-state index >= 15 is 0 Å². The predicted molar refractivity (Wildman–Crippen MR) is 147 cm³/mol. The first-order chi connectivity index (χ1) is 19.0. The van der Waals surface area contributed by atoms with Gasteiger partial charge in [0, 0.05) is 43.1 Å². The summed E-state index contributed by atoms with van der Waals surface area (Å²) in [5, 5.41) is 10.3. The van der Waals surface area contributed by atoms with Crippen molar-refractivity contribution in [1.82, 2.24) is 19.4 Å². The molecule has 1 N–H and O–H groups in total. The molecule has 0 bridgehead atoms. The van der Waals surface area contributed by atoms with Crippen LogP contribution in [0.1, 0.15) is 16.8 Å². The third-order valence-corrected chi connectivity index (χ3v) is 7.21. The Morgan fingerprint density at radius 3 is 2.51 bits per heavy atom. The predicted octanol–water partition coefficient (Wildman–Crippen LogP) is 4.60. The number of pyridine rings is 1. The molecule has 0 saturated heterocycles. The Morgan fingerprint density at radius 1 is 0.974 bits per heavy atom. The monoisotopic (exact) mass is 520 g/mol. The first kappa shape index (κ1) is 24.5. The molecule has 0 radical (unpaired) electrons. The normalized spacial score (nSPS) is 14.7. The number of carboxylic acids is 1. The van der Waals surface area contributed by atoms with E-state index in [0.29, 0.717) is 26.2 Å². The summed E-state index contributed by atoms with van der Waals surface area (Å²) in [6, 6.07) is 21.8. The van der Waals surface area contributed by atoms with Gasteiger partial charge in [0.05, 0.1) is 18.7 Å². The second kappa shape index (κ2) is 10.5. The Balaban J connectivity index is 1.20. The van der Waals surface area contributed by atoms with Gasteiger partial charge in [0.2, 0.25) is 5.91 Å². The van der Waals surface area contributed by atoms with Gasteiger partial charge in [-0.25, -0.2) is 9.78 Å². The molecule has 0 spiro atoms. The Labute approximate surface area is 226 Å². The Hall–Kier alpha value is -4.85. The maximum Gasteiger partial charge on any atom is 0.335 e. The summed E-state index contributed by atoms with van der Waals surface area (Å²) in [5.41, 5.74) is 4.64. The van der Waals surface area contributed by atoms with Crippen LogP contribution in [0.3, 0.4) is 0 Å². The smallest absolute Gasteiger partial charge is 0.335 e. The molecule has 8 nitrogen and oxygen atoms in total. The molecule has 6 rings (SSSR count). The van der Waals surface area contributed by atoms with Gasteiger partial charge in [-0.1, -0.05) is 36.4 Å². The van der Waals surface area contributed by atoms with E-state index in [1.165, 1.54) is 11.6 Å². The third-order valence-electron chi connectivity index (χ3n) is 7.21. The first-order valence-electron chi connectivity index (χ1n) is 13.0. The van der Waals surface area contributed by atoms with E-state index in [2.05, 4.69) is 22.8 Å². The van der Waals surface area contributed by atoms with Gasteiger partial charge in [-0.05, 0) is 60.0 Å². The fraction of sp³-hybridized carbons (Fsp3) is 0.194. The number of nitrogens with zero attached hydrogens (tertiary/aromatic N) is 4. The topological polar surface area (TPSA) is 87.9 Å². The van der Waals surface area contributed by atoms with Crippen LogP contribution in [0.25, 0.3) is 11.0 Å². The van der Waals surface area contributed by atoms with E-state index in [4.69, 9.17) is 14.8 Å². The highest BCUT2D eigenvalue weighted by Crippen LogP contribution is 2.31. The van der Waals surface area contributed by atoms with Crippen molar-refractivity contribution in [3.8, 4) is 11.5 Å². The number of para-hydroxylation sites is 1. The highest BCUT2D eigenvalue weighted by molar-refractivity contribution is 5.90. The van der Waals surface area contributed by atoms with Crippen molar-refractivity contribution in [2.24, 2.45) is 0 Å². The molecule has 0 atom stereocenters. The number of benzene rings is 2. The molecule has 0 saturated carbocycles. The lowest BCUT2D eigenvalue weighted by Crippen LogP contribution is -2.42. The number of hydrogen-bond donors (Lipinski definition) is 1. The number of fused-ring (bicyclic) bond motifs is 3. The van der Waals surface area contributed by atoms with Crippen LogP contribution in [0.5, 0.6) is 11.5 Å². The van der Waals surface area contributed by atoms with Gasteiger partial charge in [0.25, 0.3) is 0 Å². The minimum Gasteiger partial charge on any atom is -0.478 e. The van der Waals surface area contributed by atoms with Crippen LogP contribution in [0.2, 0.25) is 0 Å². The maximum absolute atomic E-state index is 13.2. The minimum atomic E-state index is -0.958. The molecule has 4 aromatic rings. The van der Waals surface area contributed by atoms with E-state index in [1.54, 1.807) is 12.3 Å². The molecule has 2 aliphatic rings. The average Bonchev–Trinajstić information content (AvgIpc) is 3.27. The van der Waals surface area contributed by atoms with Gasteiger partial charge in [0.15, 0.2) is 0 Å². The van der Waals surface area contributed by atoms with Gasteiger partial charge >= 0.3 is 5.97 Å². The number of aliphatic carboxylic acids is 1. The second-order valence-corrected chi connectivity index (χ2v) is 9.72. The average molecular weight is 521 g/mol. The van der Waals surface area contributed by atoms with Crippen LogP contribution >= 0.6 is 0 Å². The van der Waals surface area contributed by atoms with E-state index in [0.717, 1.165) is 40.2 Å². The quantitative estimate of drug-likeness (QED) is 0.383. The van der Waals surface area contributed by atoms with E-state index in [9.17, 15) is 9.59 Å². The van der Waals surface area contributed by atoms with Crippen molar-refractivity contribution < 1.29 is 19.4 Å². The molecule has 0 unspecified atom stereocenters. The Morgan fingerprint density at radius 2 is 1.77 bits per heavy atom. The molecule has 196 valence electrons. The molecule has 2 aromatic carbocycles. The number of amides is 1. The summed E-state index contributed by atoms with van der Waals surface area (Å²) in [4.78, 5) is 32.8. The van der Waals surface area contributed by atoms with Crippen molar-refractivity contribution in [1.29, 1.82) is 0 Å². The highest BCUT2D eigenvalue weighted by Gasteiger charge is 2.28. The molecule has 2 aromatic heterocycles. The Bertz CT molecular complexity index is 1590. The zero-order valence-corrected chi connectivity index (χ0v) is 21.4. The first-order valence-corrected chi connectivity index (χ1v) is 13.0. The molecule has 2 aliphatic heterocycles. The van der Waals surface area contributed by atoms with Crippen molar-refractivity contribution in [2.75, 3.05) is 19.6 Å². The zero-order valence-electron chi connectivity index (χ0n) is 21.4. The Kier molecular flexibility index (Phi) is 6.59. The van der Waals surface area contributed by atoms with Crippen LogP contribution in [0, 0.1) is 0 Å². The van der Waals surface area contributed by atoms with Crippen LogP contribution in [0.4, 0.5) is 0 Å². The molecule has 4 heterocycles. The molecular formula is C31H28N4O4. The molecule has 39 heavy (non-hydrogen) atoms. The number of carboxylic acid groups (broad SMARTS) is 1. The van der Waals surface area contributed by atoms with Gasteiger partial charge in [-0.2, -0.15) is 0 Å². The van der Waals surface area contributed by atoms with E-state index in [1.807, 2.05) is 64.5 Å². The third kappa shape index (κ3) is 5.13. The van der Waals surface area contributed by atoms with Crippen LogP contribution in [-0.4, -0.2) is 56.0 Å². The number of aromatic nitrogens is 2. The van der Waals surface area contributed by atoms with Crippen molar-refractivity contribution in [3.63, 3.8) is 0 Å². The number of hydrogen-bond acceptors (Lipinski definition) is 5. The van der Waals surface area contributed by atoms with Gasteiger partial charge in [-0.3, -0.25) is 4.79 Å². The lowest BCUT2D eigenvalue weighted by atomic mass is 10.0. The molecule has 0 aliphatic carbocycles. The van der Waals surface area contributed by atoms with Crippen LogP contribution in [-0.2, 0) is 29.1 Å². The molecule has 8 heteroatoms. The summed E-state index contributed by atoms with van der Waals surface area (Å²) >= 11 is 0. The van der Waals surface area contributed by atoms with Crippen molar-refractivity contribution in [2.45, 2.75) is 19.5 Å². The summed E-state index contributed by atoms with van der Waals surface area (Å²) in [6.45, 7) is 2.38. The minimum absolute atomic E-state index is 0.0182. The van der Waals surface area contributed by atoms with Gasteiger partial charge < -0.3 is 24.2 Å². The summed E-state index contributed by atoms with van der Waals surface area (Å²) in [5.74, 6) is 0.629. The van der Waals surface area contributed by atoms with Crippen molar-refractivity contribution >= 4 is 22.9 Å². The van der Waals surface area contributed by atoms with Crippen LogP contribution in [0.15, 0.2) is 96.9 Å². The number of rotatable bonds is 7. The van der Waals surface area contributed by atoms with E-state index < -0.39 is 5.97 Å². The zero-order chi connectivity index (χ0) is 26.8. The lowest BCUT2D eigenvalue weighted by molar-refractivity contribution is -0.133. The maximum atomic E-state index is 13.2. The SMILES string of the molecule is O=C(O)C1=CCN(CC(=O)N2CCc3c(n(Cc4ccc(Oc5ccccc5)cc4)c4ncccc34)C2)C=C1. The number of ether oxygens (including phenoxy) is 1. The summed E-state index contributed by atoms with van der Waals surface area (Å²) < 4.78 is 8.17. The molecular weight excluding hydrogens is 492 g/mol. The largest absolute Gasteiger partial charge is 0.478 e. The second-order valence-electron chi connectivity index (χ2n) is 9.72. The fourth-order valence-electron chi connectivity index (χ4n) is 5.19. The number of carbonyl (C=O) groups excluding carboxylic acids is 1. The number of carbonyl (C=O) groups is 2. The summed E-state index contributed by atoms with van der Waals surface area (Å²) in [7, 11) is 0. The van der Waals surface area contributed by atoms with Crippen LogP contribution < -0.4 is 4.74 Å². The molecule has 1 amide bonds.